The van der Waals surface area contributed by atoms with Crippen molar-refractivity contribution >= 4 is 39.2 Å². The molecule has 7 nitrogen and oxygen atoms in total. The summed E-state index contributed by atoms with van der Waals surface area (Å²) in [6.45, 7) is 0.0272. The number of amides is 1. The van der Waals surface area contributed by atoms with Crippen LogP contribution in [0.3, 0.4) is 0 Å². The third kappa shape index (κ3) is 3.02. The molecule has 1 atom stereocenters. The van der Waals surface area contributed by atoms with Crippen LogP contribution in [-0.2, 0) is 14.3 Å². The summed E-state index contributed by atoms with van der Waals surface area (Å²) in [5.74, 6) is -1.09. The van der Waals surface area contributed by atoms with Crippen molar-refractivity contribution < 1.29 is 19.2 Å². The number of esters is 1. The Bertz CT molecular complexity index is 982. The van der Waals surface area contributed by atoms with Gasteiger partial charge in [0.05, 0.1) is 16.2 Å². The third-order valence-corrected chi connectivity index (χ3v) is 5.24. The second-order valence-electron chi connectivity index (χ2n) is 6.25. The lowest BCUT2D eigenvalue weighted by Gasteiger charge is -2.31. The highest BCUT2D eigenvalue weighted by atomic mass is 79.9. The van der Waals surface area contributed by atoms with Crippen LogP contribution in [0.25, 0.3) is 0 Å². The van der Waals surface area contributed by atoms with E-state index in [1.54, 1.807) is 24.3 Å². The molecule has 0 spiro atoms. The molecule has 136 valence electrons. The first-order chi connectivity index (χ1) is 13.0. The van der Waals surface area contributed by atoms with Crippen molar-refractivity contribution in [2.75, 3.05) is 11.5 Å². The fraction of sp³-hybridized carbons (Fsp3) is 0.158. The Balaban J connectivity index is 1.77. The van der Waals surface area contributed by atoms with Gasteiger partial charge < -0.3 is 4.74 Å². The fourth-order valence-corrected chi connectivity index (χ4v) is 3.72. The molecule has 27 heavy (non-hydrogen) atoms. The maximum absolute atomic E-state index is 12.9. The van der Waals surface area contributed by atoms with E-state index in [0.29, 0.717) is 22.5 Å². The Morgan fingerprint density at radius 3 is 2.37 bits per heavy atom. The Morgan fingerprint density at radius 2 is 1.74 bits per heavy atom. The maximum atomic E-state index is 12.9. The van der Waals surface area contributed by atoms with Crippen LogP contribution in [0.2, 0.25) is 0 Å². The lowest BCUT2D eigenvalue weighted by molar-refractivity contribution is -0.384. The molecule has 2 heterocycles. The smallest absolute Gasteiger partial charge is 0.336 e. The number of carbonyl (C=O) groups is 2. The molecule has 0 bridgehead atoms. The number of anilines is 1. The number of non-ortho nitro benzene ring substituents is 1. The van der Waals surface area contributed by atoms with Crippen LogP contribution < -0.4 is 4.90 Å². The highest BCUT2D eigenvalue weighted by Crippen LogP contribution is 2.42. The van der Waals surface area contributed by atoms with E-state index >= 15 is 0 Å². The summed E-state index contributed by atoms with van der Waals surface area (Å²) in [6, 6.07) is 13.2. The molecule has 2 aliphatic heterocycles. The summed E-state index contributed by atoms with van der Waals surface area (Å²) < 4.78 is 6.09. The average molecular weight is 429 g/mol. The van der Waals surface area contributed by atoms with E-state index in [1.807, 2.05) is 12.1 Å². The summed E-state index contributed by atoms with van der Waals surface area (Å²) in [7, 11) is 0. The van der Waals surface area contributed by atoms with Gasteiger partial charge in [-0.25, -0.2) is 4.79 Å². The first-order valence-electron chi connectivity index (χ1n) is 8.19. The minimum atomic E-state index is -0.487. The van der Waals surface area contributed by atoms with Gasteiger partial charge in [-0.2, -0.15) is 0 Å². The van der Waals surface area contributed by atoms with Gasteiger partial charge in [0.1, 0.15) is 6.61 Å². The third-order valence-electron chi connectivity index (χ3n) is 4.71. The van der Waals surface area contributed by atoms with Crippen molar-refractivity contribution in [2.24, 2.45) is 0 Å². The van der Waals surface area contributed by atoms with Crippen molar-refractivity contribution in [1.82, 2.24) is 0 Å². The molecule has 2 aromatic carbocycles. The van der Waals surface area contributed by atoms with Crippen LogP contribution in [0, 0.1) is 10.1 Å². The standard InChI is InChI=1S/C19H13BrN2O5/c20-12-3-7-13(8-4-12)21-16-10-27-19(24)18(16)15(9-17(21)23)11-1-5-14(6-2-11)22(25)26/h1-8,15H,9-10H2. The van der Waals surface area contributed by atoms with E-state index in [0.717, 1.165) is 4.47 Å². The summed E-state index contributed by atoms with van der Waals surface area (Å²) >= 11 is 3.36. The molecule has 1 amide bonds. The SMILES string of the molecule is O=C1OCC2=C1C(c1ccc([N+](=O)[O-])cc1)CC(=O)N2c1ccc(Br)cc1. The quantitative estimate of drug-likeness (QED) is 0.422. The number of carbonyl (C=O) groups excluding carboxylic acids is 2. The zero-order chi connectivity index (χ0) is 19.1. The normalized spacial score (nSPS) is 19.1. The zero-order valence-corrected chi connectivity index (χ0v) is 15.5. The second-order valence-corrected chi connectivity index (χ2v) is 7.16. The number of benzene rings is 2. The maximum Gasteiger partial charge on any atom is 0.336 e. The summed E-state index contributed by atoms with van der Waals surface area (Å²) in [4.78, 5) is 37.2. The van der Waals surface area contributed by atoms with Gasteiger partial charge in [-0.05, 0) is 29.8 Å². The number of rotatable bonds is 3. The monoisotopic (exact) mass is 428 g/mol. The van der Waals surface area contributed by atoms with Crippen molar-refractivity contribution in [1.29, 1.82) is 0 Å². The molecule has 0 saturated carbocycles. The number of nitro groups is 1. The van der Waals surface area contributed by atoms with E-state index in [4.69, 9.17) is 4.74 Å². The molecule has 0 aromatic heterocycles. The van der Waals surface area contributed by atoms with E-state index in [1.165, 1.54) is 17.0 Å². The zero-order valence-electron chi connectivity index (χ0n) is 13.9. The van der Waals surface area contributed by atoms with E-state index in [-0.39, 0.29) is 24.6 Å². The summed E-state index contributed by atoms with van der Waals surface area (Å²) in [5.41, 5.74) is 2.26. The van der Waals surface area contributed by atoms with Gasteiger partial charge in [0.15, 0.2) is 0 Å². The molecule has 0 saturated heterocycles. The van der Waals surface area contributed by atoms with Gasteiger partial charge in [-0.3, -0.25) is 19.8 Å². The first-order valence-corrected chi connectivity index (χ1v) is 8.98. The van der Waals surface area contributed by atoms with Crippen molar-refractivity contribution in [2.45, 2.75) is 12.3 Å². The van der Waals surface area contributed by atoms with Gasteiger partial charge >= 0.3 is 5.97 Å². The lowest BCUT2D eigenvalue weighted by Crippen LogP contribution is -2.37. The van der Waals surface area contributed by atoms with Crippen molar-refractivity contribution in [3.05, 3.63) is 80.0 Å². The molecule has 0 aliphatic carbocycles. The number of ether oxygens (including phenoxy) is 1. The highest BCUT2D eigenvalue weighted by Gasteiger charge is 2.43. The van der Waals surface area contributed by atoms with Gasteiger partial charge in [0.2, 0.25) is 5.91 Å². The lowest BCUT2D eigenvalue weighted by atomic mass is 9.84. The molecule has 1 unspecified atom stereocenters. The Kier molecular flexibility index (Phi) is 4.27. The molecule has 0 N–H and O–H groups in total. The van der Waals surface area contributed by atoms with Gasteiger partial charge in [-0.15, -0.1) is 0 Å². The van der Waals surface area contributed by atoms with Crippen LogP contribution >= 0.6 is 15.9 Å². The minimum Gasteiger partial charge on any atom is -0.456 e. The first kappa shape index (κ1) is 17.4. The van der Waals surface area contributed by atoms with Crippen LogP contribution in [0.1, 0.15) is 17.9 Å². The fourth-order valence-electron chi connectivity index (χ4n) is 3.46. The number of nitrogens with zero attached hydrogens (tertiary/aromatic N) is 2. The van der Waals surface area contributed by atoms with E-state index < -0.39 is 16.8 Å². The van der Waals surface area contributed by atoms with Crippen LogP contribution in [0.4, 0.5) is 11.4 Å². The van der Waals surface area contributed by atoms with E-state index in [9.17, 15) is 19.7 Å². The number of cyclic esters (lactones) is 1. The molecule has 8 heteroatoms. The van der Waals surface area contributed by atoms with E-state index in [2.05, 4.69) is 15.9 Å². The minimum absolute atomic E-state index is 0.0272. The molecule has 4 rings (SSSR count). The average Bonchev–Trinajstić information content (AvgIpc) is 3.04. The molecular weight excluding hydrogens is 416 g/mol. The van der Waals surface area contributed by atoms with Gasteiger partial charge in [-0.1, -0.05) is 28.1 Å². The van der Waals surface area contributed by atoms with Gasteiger partial charge in [0.25, 0.3) is 5.69 Å². The van der Waals surface area contributed by atoms with Crippen molar-refractivity contribution in [3.63, 3.8) is 0 Å². The number of halogens is 1. The summed E-state index contributed by atoms with van der Waals surface area (Å²) in [6.07, 6.45) is 0.0851. The highest BCUT2D eigenvalue weighted by molar-refractivity contribution is 9.10. The number of hydrogen-bond donors (Lipinski definition) is 0. The summed E-state index contributed by atoms with van der Waals surface area (Å²) in [5, 5.41) is 10.9. The Labute approximate surface area is 162 Å². The molecule has 0 fully saturated rings. The Hall–Kier alpha value is -3.00. The van der Waals surface area contributed by atoms with Crippen LogP contribution in [0.15, 0.2) is 64.3 Å². The van der Waals surface area contributed by atoms with Crippen molar-refractivity contribution in [3.8, 4) is 0 Å². The second kappa shape index (κ2) is 6.62. The number of hydrogen-bond acceptors (Lipinski definition) is 5. The molecule has 2 aromatic rings. The van der Waals surface area contributed by atoms with Crippen LogP contribution in [0.5, 0.6) is 0 Å². The topological polar surface area (TPSA) is 89.7 Å². The predicted molar refractivity (Wildman–Crippen MR) is 100 cm³/mol. The number of nitro benzene ring substituents is 1. The van der Waals surface area contributed by atoms with Crippen LogP contribution in [-0.4, -0.2) is 23.4 Å². The predicted octanol–water partition coefficient (Wildman–Crippen LogP) is 3.69. The van der Waals surface area contributed by atoms with Gasteiger partial charge in [0, 0.05) is 34.6 Å². The largest absolute Gasteiger partial charge is 0.456 e. The molecular formula is C19H13BrN2O5. The molecule has 2 aliphatic rings. The molecule has 0 radical (unpaired) electrons. The Morgan fingerprint density at radius 1 is 1.07 bits per heavy atom.